The van der Waals surface area contributed by atoms with Gasteiger partial charge in [0.2, 0.25) is 0 Å². The third-order valence-electron chi connectivity index (χ3n) is 6.99. The van der Waals surface area contributed by atoms with Gasteiger partial charge >= 0.3 is 0 Å². The van der Waals surface area contributed by atoms with Crippen molar-refractivity contribution in [2.75, 3.05) is 18.4 Å². The lowest BCUT2D eigenvalue weighted by Gasteiger charge is -2.37. The average molecular weight is 421 g/mol. The summed E-state index contributed by atoms with van der Waals surface area (Å²) >= 11 is 1.88. The summed E-state index contributed by atoms with van der Waals surface area (Å²) in [6, 6.07) is 12.1. The zero-order chi connectivity index (χ0) is 20.3. The van der Waals surface area contributed by atoms with Crippen LogP contribution < -0.4 is 5.32 Å². The van der Waals surface area contributed by atoms with E-state index in [1.807, 2.05) is 11.3 Å². The lowest BCUT2D eigenvalue weighted by atomic mass is 9.89. The minimum Gasteiger partial charge on any atom is -0.367 e. The van der Waals surface area contributed by atoms with Crippen LogP contribution >= 0.6 is 11.3 Å². The van der Waals surface area contributed by atoms with Gasteiger partial charge < -0.3 is 10.2 Å². The maximum atomic E-state index is 4.66. The number of nitrogens with zero attached hydrogens (tertiary/aromatic N) is 3. The summed E-state index contributed by atoms with van der Waals surface area (Å²) < 4.78 is 0. The van der Waals surface area contributed by atoms with Crippen LogP contribution in [0.25, 0.3) is 10.2 Å². The van der Waals surface area contributed by atoms with E-state index >= 15 is 0 Å². The Kier molecular flexibility index (Phi) is 6.00. The zero-order valence-electron chi connectivity index (χ0n) is 17.9. The molecule has 158 valence electrons. The number of likely N-dealkylation sites (N-methyl/N-ethyl adjacent to an activating group) is 1. The third kappa shape index (κ3) is 4.10. The largest absolute Gasteiger partial charge is 0.367 e. The highest BCUT2D eigenvalue weighted by Gasteiger charge is 2.27. The lowest BCUT2D eigenvalue weighted by molar-refractivity contribution is 0.161. The van der Waals surface area contributed by atoms with Gasteiger partial charge in [0.15, 0.2) is 0 Å². The molecule has 2 aliphatic carbocycles. The van der Waals surface area contributed by atoms with Gasteiger partial charge in [-0.15, -0.1) is 11.3 Å². The zero-order valence-corrected chi connectivity index (χ0v) is 18.8. The van der Waals surface area contributed by atoms with Crippen molar-refractivity contribution in [1.29, 1.82) is 0 Å². The Morgan fingerprint density at radius 3 is 2.70 bits per heavy atom. The quantitative estimate of drug-likeness (QED) is 0.550. The first kappa shape index (κ1) is 20.0. The molecule has 1 aromatic carbocycles. The highest BCUT2D eigenvalue weighted by atomic mass is 32.1. The molecule has 5 heteroatoms. The van der Waals surface area contributed by atoms with Gasteiger partial charge in [0.1, 0.15) is 17.0 Å². The number of rotatable bonds is 7. The maximum Gasteiger partial charge on any atom is 0.138 e. The summed E-state index contributed by atoms with van der Waals surface area (Å²) in [5.74, 6) is 1.08. The standard InChI is InChI=1S/C25H32N4S/c1-2-29(16-15-18-7-4-3-5-8-18)20-13-11-19(12-14-20)28-24-23-21-9-6-10-22(21)30-25(23)27-17-26-24/h3-5,7-8,17,19-20H,2,6,9-16H2,1H3,(H,26,27,28)/t19-,20-. The van der Waals surface area contributed by atoms with Gasteiger partial charge in [-0.05, 0) is 69.0 Å². The smallest absolute Gasteiger partial charge is 0.138 e. The Bertz CT molecular complexity index is 975. The van der Waals surface area contributed by atoms with Crippen molar-refractivity contribution in [3.05, 3.63) is 52.7 Å². The molecule has 3 aromatic rings. The molecule has 0 aliphatic heterocycles. The van der Waals surface area contributed by atoms with E-state index in [-0.39, 0.29) is 0 Å². The van der Waals surface area contributed by atoms with Crippen LogP contribution in [0.1, 0.15) is 55.0 Å². The molecule has 1 saturated carbocycles. The number of fused-ring (bicyclic) bond motifs is 3. The molecule has 0 unspecified atom stereocenters. The second-order valence-electron chi connectivity index (χ2n) is 8.77. The predicted octanol–water partition coefficient (Wildman–Crippen LogP) is 5.47. The van der Waals surface area contributed by atoms with Crippen molar-refractivity contribution in [3.8, 4) is 0 Å². The molecule has 2 aromatic heterocycles. The average Bonchev–Trinajstić information content (AvgIpc) is 3.37. The molecule has 0 saturated heterocycles. The number of hydrogen-bond donors (Lipinski definition) is 1. The Labute approximate surface area is 183 Å². The van der Waals surface area contributed by atoms with Crippen molar-refractivity contribution < 1.29 is 0 Å². The Hall–Kier alpha value is -1.98. The normalized spacial score (nSPS) is 21.3. The number of nitrogens with one attached hydrogen (secondary N) is 1. The van der Waals surface area contributed by atoms with Crippen molar-refractivity contribution in [1.82, 2.24) is 14.9 Å². The number of anilines is 1. The summed E-state index contributed by atoms with van der Waals surface area (Å²) in [5.41, 5.74) is 2.97. The highest BCUT2D eigenvalue weighted by Crippen LogP contribution is 2.39. The summed E-state index contributed by atoms with van der Waals surface area (Å²) in [7, 11) is 0. The molecular formula is C25H32N4S. The summed E-state index contributed by atoms with van der Waals surface area (Å²) in [6.45, 7) is 4.62. The van der Waals surface area contributed by atoms with Gasteiger partial charge in [-0.3, -0.25) is 0 Å². The minimum atomic E-state index is 0.532. The molecule has 1 N–H and O–H groups in total. The second-order valence-corrected chi connectivity index (χ2v) is 9.86. The first-order valence-corrected chi connectivity index (χ1v) is 12.4. The van der Waals surface area contributed by atoms with Crippen LogP contribution in [0.15, 0.2) is 36.7 Å². The molecule has 30 heavy (non-hydrogen) atoms. The van der Waals surface area contributed by atoms with E-state index in [1.165, 1.54) is 71.2 Å². The van der Waals surface area contributed by atoms with E-state index in [0.29, 0.717) is 12.1 Å². The fourth-order valence-corrected chi connectivity index (χ4v) is 6.56. The second kappa shape index (κ2) is 9.03. The van der Waals surface area contributed by atoms with E-state index in [4.69, 9.17) is 0 Å². The molecule has 1 fully saturated rings. The Balaban J connectivity index is 1.20. The van der Waals surface area contributed by atoms with Crippen LogP contribution in [0.3, 0.4) is 0 Å². The number of benzene rings is 1. The highest BCUT2D eigenvalue weighted by molar-refractivity contribution is 7.19. The molecule has 0 spiro atoms. The first-order chi connectivity index (χ1) is 14.8. The van der Waals surface area contributed by atoms with Crippen molar-refractivity contribution in [3.63, 3.8) is 0 Å². The number of thiophene rings is 1. The van der Waals surface area contributed by atoms with Crippen molar-refractivity contribution >= 4 is 27.4 Å². The van der Waals surface area contributed by atoms with E-state index in [1.54, 1.807) is 6.33 Å². The molecular weight excluding hydrogens is 388 g/mol. The van der Waals surface area contributed by atoms with Crippen LogP contribution in [0.5, 0.6) is 0 Å². The van der Waals surface area contributed by atoms with Crippen LogP contribution in [-0.2, 0) is 19.3 Å². The lowest BCUT2D eigenvalue weighted by Crippen LogP contribution is -2.41. The molecule has 2 heterocycles. The molecule has 0 bridgehead atoms. The third-order valence-corrected chi connectivity index (χ3v) is 8.19. The summed E-state index contributed by atoms with van der Waals surface area (Å²) in [5, 5.41) is 5.13. The Morgan fingerprint density at radius 1 is 1.07 bits per heavy atom. The van der Waals surface area contributed by atoms with Gasteiger partial charge in [-0.2, -0.15) is 0 Å². The Morgan fingerprint density at radius 2 is 1.90 bits per heavy atom. The summed E-state index contributed by atoms with van der Waals surface area (Å²) in [6.07, 6.45) is 11.6. The molecule has 2 aliphatic rings. The van der Waals surface area contributed by atoms with Crippen molar-refractivity contribution in [2.45, 2.75) is 70.4 Å². The van der Waals surface area contributed by atoms with Crippen LogP contribution in [0, 0.1) is 0 Å². The van der Waals surface area contributed by atoms with E-state index in [2.05, 4.69) is 57.4 Å². The SMILES string of the molecule is CCN(CCc1ccccc1)[C@H]1CC[C@H](Nc2ncnc3sc4c(c23)CCC4)CC1. The van der Waals surface area contributed by atoms with Gasteiger partial charge in [0, 0.05) is 23.5 Å². The molecule has 0 amide bonds. The molecule has 0 atom stereocenters. The molecule has 0 radical (unpaired) electrons. The van der Waals surface area contributed by atoms with E-state index < -0.39 is 0 Å². The topological polar surface area (TPSA) is 41.0 Å². The maximum absolute atomic E-state index is 4.66. The predicted molar refractivity (Wildman–Crippen MR) is 126 cm³/mol. The molecule has 4 nitrogen and oxygen atoms in total. The van der Waals surface area contributed by atoms with Gasteiger partial charge in [-0.1, -0.05) is 37.3 Å². The van der Waals surface area contributed by atoms with Gasteiger partial charge in [0.05, 0.1) is 5.39 Å². The fourth-order valence-electron chi connectivity index (χ4n) is 5.33. The summed E-state index contributed by atoms with van der Waals surface area (Å²) in [4.78, 5) is 14.6. The number of hydrogen-bond acceptors (Lipinski definition) is 5. The van der Waals surface area contributed by atoms with E-state index in [0.717, 1.165) is 25.3 Å². The minimum absolute atomic E-state index is 0.532. The van der Waals surface area contributed by atoms with Gasteiger partial charge in [-0.25, -0.2) is 9.97 Å². The van der Waals surface area contributed by atoms with Crippen molar-refractivity contribution in [2.24, 2.45) is 0 Å². The van der Waals surface area contributed by atoms with E-state index in [9.17, 15) is 0 Å². The van der Waals surface area contributed by atoms with Crippen LogP contribution in [-0.4, -0.2) is 40.0 Å². The monoisotopic (exact) mass is 420 g/mol. The fraction of sp³-hybridized carbons (Fsp3) is 0.520. The molecule has 5 rings (SSSR count). The van der Waals surface area contributed by atoms with Crippen LogP contribution in [0.4, 0.5) is 5.82 Å². The van der Waals surface area contributed by atoms with Gasteiger partial charge in [0.25, 0.3) is 0 Å². The first-order valence-electron chi connectivity index (χ1n) is 11.6. The van der Waals surface area contributed by atoms with Crippen LogP contribution in [0.2, 0.25) is 0 Å². The number of aryl methyl sites for hydroxylation is 2. The number of aromatic nitrogens is 2.